The molecule has 5 heteroatoms. The van der Waals surface area contributed by atoms with Crippen LogP contribution >= 0.6 is 23.0 Å². The fourth-order valence-electron chi connectivity index (χ4n) is 0.758. The van der Waals surface area contributed by atoms with Crippen molar-refractivity contribution in [3.63, 3.8) is 0 Å². The largest absolute Gasteiger partial charge is 0.454 e. The van der Waals surface area contributed by atoms with E-state index in [1.165, 1.54) is 0 Å². The van der Waals surface area contributed by atoms with Gasteiger partial charge < -0.3 is 12.5 Å². The molecule has 0 aliphatic heterocycles. The van der Waals surface area contributed by atoms with E-state index in [2.05, 4.69) is 6.58 Å². The Kier molecular flexibility index (Phi) is 9.32. The standard InChI is InChI=1S/C9H15IO4/c1-3-5-12-6-8(7-13-10)14-9(11)4-2/h4,8H,2-3,5-7H2,1H3. The van der Waals surface area contributed by atoms with Crippen molar-refractivity contribution in [1.82, 2.24) is 0 Å². The van der Waals surface area contributed by atoms with Crippen LogP contribution in [0.4, 0.5) is 0 Å². The second kappa shape index (κ2) is 9.42. The summed E-state index contributed by atoms with van der Waals surface area (Å²) >= 11 is 1.75. The summed E-state index contributed by atoms with van der Waals surface area (Å²) in [6, 6.07) is 0. The van der Waals surface area contributed by atoms with Crippen LogP contribution in [0.25, 0.3) is 0 Å². The molecule has 0 radical (unpaired) electrons. The summed E-state index contributed by atoms with van der Waals surface area (Å²) in [5.74, 6) is -0.455. The van der Waals surface area contributed by atoms with E-state index in [-0.39, 0.29) is 6.10 Å². The lowest BCUT2D eigenvalue weighted by atomic mass is 10.4. The van der Waals surface area contributed by atoms with Gasteiger partial charge in [-0.25, -0.2) is 4.79 Å². The number of ether oxygens (including phenoxy) is 2. The summed E-state index contributed by atoms with van der Waals surface area (Å²) in [5, 5.41) is 0. The average molecular weight is 314 g/mol. The van der Waals surface area contributed by atoms with Crippen LogP contribution in [0, 0.1) is 0 Å². The molecule has 82 valence electrons. The third-order valence-electron chi connectivity index (χ3n) is 1.35. The third kappa shape index (κ3) is 7.28. The Hall–Kier alpha value is -0.140. The highest BCUT2D eigenvalue weighted by molar-refractivity contribution is 14.1. The maximum atomic E-state index is 10.9. The van der Waals surface area contributed by atoms with Crippen molar-refractivity contribution in [2.45, 2.75) is 19.4 Å². The number of hydrogen-bond donors (Lipinski definition) is 0. The third-order valence-corrected chi connectivity index (χ3v) is 1.71. The van der Waals surface area contributed by atoms with E-state index in [9.17, 15) is 4.79 Å². The van der Waals surface area contributed by atoms with Crippen LogP contribution in [0.2, 0.25) is 0 Å². The monoisotopic (exact) mass is 314 g/mol. The first-order valence-corrected chi connectivity index (χ1v) is 5.27. The number of hydrogen-bond acceptors (Lipinski definition) is 4. The van der Waals surface area contributed by atoms with Crippen molar-refractivity contribution in [2.75, 3.05) is 19.8 Å². The minimum Gasteiger partial charge on any atom is -0.454 e. The molecule has 0 aromatic rings. The summed E-state index contributed by atoms with van der Waals surface area (Å²) in [6.07, 6.45) is 1.71. The first kappa shape index (κ1) is 13.9. The van der Waals surface area contributed by atoms with E-state index in [4.69, 9.17) is 12.5 Å². The van der Waals surface area contributed by atoms with E-state index in [1.54, 1.807) is 23.0 Å². The first-order chi connectivity index (χ1) is 6.74. The molecule has 0 bridgehead atoms. The Labute approximate surface area is 98.3 Å². The molecule has 0 aromatic heterocycles. The van der Waals surface area contributed by atoms with Crippen LogP contribution in [0.5, 0.6) is 0 Å². The van der Waals surface area contributed by atoms with Gasteiger partial charge in [-0.05, 0) is 6.42 Å². The van der Waals surface area contributed by atoms with Gasteiger partial charge in [-0.15, -0.1) is 0 Å². The van der Waals surface area contributed by atoms with Crippen molar-refractivity contribution in [3.8, 4) is 0 Å². The molecule has 0 rings (SSSR count). The van der Waals surface area contributed by atoms with Crippen molar-refractivity contribution < 1.29 is 17.3 Å². The highest BCUT2D eigenvalue weighted by Gasteiger charge is 2.12. The van der Waals surface area contributed by atoms with Crippen molar-refractivity contribution in [3.05, 3.63) is 12.7 Å². The minimum atomic E-state index is -0.455. The summed E-state index contributed by atoms with van der Waals surface area (Å²) in [4.78, 5) is 10.9. The summed E-state index contributed by atoms with van der Waals surface area (Å²) in [7, 11) is 0. The van der Waals surface area contributed by atoms with Crippen LogP contribution < -0.4 is 0 Å². The van der Waals surface area contributed by atoms with Gasteiger partial charge in [0, 0.05) is 12.7 Å². The molecule has 0 amide bonds. The molecule has 0 heterocycles. The van der Waals surface area contributed by atoms with Gasteiger partial charge in [0.2, 0.25) is 0 Å². The van der Waals surface area contributed by atoms with Gasteiger partial charge in [-0.3, -0.25) is 0 Å². The van der Waals surface area contributed by atoms with Crippen LogP contribution in [-0.4, -0.2) is 31.9 Å². The number of halogens is 1. The Bertz CT molecular complexity index is 172. The average Bonchev–Trinajstić information content (AvgIpc) is 2.18. The van der Waals surface area contributed by atoms with Crippen molar-refractivity contribution >= 4 is 29.0 Å². The Morgan fingerprint density at radius 1 is 1.57 bits per heavy atom. The van der Waals surface area contributed by atoms with E-state index in [1.807, 2.05) is 6.92 Å². The second-order valence-corrected chi connectivity index (χ2v) is 3.24. The molecule has 4 nitrogen and oxygen atoms in total. The summed E-state index contributed by atoms with van der Waals surface area (Å²) in [5.41, 5.74) is 0. The Balaban J connectivity index is 3.76. The first-order valence-electron chi connectivity index (χ1n) is 4.38. The SMILES string of the molecule is C=CC(=O)OC(COI)COCCC. The van der Waals surface area contributed by atoms with Gasteiger partial charge in [0.15, 0.2) is 0 Å². The molecule has 0 N–H and O–H groups in total. The number of carbonyl (C=O) groups is 1. The van der Waals surface area contributed by atoms with Gasteiger partial charge >= 0.3 is 5.97 Å². The highest BCUT2D eigenvalue weighted by Crippen LogP contribution is 2.00. The fraction of sp³-hybridized carbons (Fsp3) is 0.667. The number of rotatable bonds is 8. The molecule has 0 aromatic carbocycles. The normalized spacial score (nSPS) is 12.1. The van der Waals surface area contributed by atoms with E-state index in [0.29, 0.717) is 19.8 Å². The quantitative estimate of drug-likeness (QED) is 0.297. The minimum absolute atomic E-state index is 0.323. The number of carbonyl (C=O) groups excluding carboxylic acids is 1. The maximum absolute atomic E-state index is 10.9. The second-order valence-electron chi connectivity index (χ2n) is 2.61. The summed E-state index contributed by atoms with van der Waals surface area (Å²) in [6.45, 7) is 6.66. The van der Waals surface area contributed by atoms with Gasteiger partial charge in [0.05, 0.1) is 13.2 Å². The van der Waals surface area contributed by atoms with Gasteiger partial charge in [-0.1, -0.05) is 13.5 Å². The molecule has 0 spiro atoms. The molecule has 0 fully saturated rings. The predicted octanol–water partition coefficient (Wildman–Crippen LogP) is 1.88. The molecule has 1 atom stereocenters. The molecule has 1 unspecified atom stereocenters. The van der Waals surface area contributed by atoms with E-state index < -0.39 is 5.97 Å². The lowest BCUT2D eigenvalue weighted by molar-refractivity contribution is -0.147. The topological polar surface area (TPSA) is 44.8 Å². The fourth-order valence-corrected chi connectivity index (χ4v) is 1.16. The summed E-state index contributed by atoms with van der Waals surface area (Å²) < 4.78 is 15.1. The van der Waals surface area contributed by atoms with Crippen LogP contribution in [-0.2, 0) is 17.3 Å². The molecular formula is C9H15IO4. The van der Waals surface area contributed by atoms with Crippen LogP contribution in [0.1, 0.15) is 13.3 Å². The van der Waals surface area contributed by atoms with Crippen molar-refractivity contribution in [2.24, 2.45) is 0 Å². The van der Waals surface area contributed by atoms with E-state index >= 15 is 0 Å². The molecule has 0 saturated heterocycles. The molecular weight excluding hydrogens is 299 g/mol. The smallest absolute Gasteiger partial charge is 0.330 e. The lowest BCUT2D eigenvalue weighted by Crippen LogP contribution is -2.26. The predicted molar refractivity (Wildman–Crippen MR) is 61.2 cm³/mol. The highest BCUT2D eigenvalue weighted by atomic mass is 127. The maximum Gasteiger partial charge on any atom is 0.330 e. The van der Waals surface area contributed by atoms with Gasteiger partial charge in [0.1, 0.15) is 29.1 Å². The van der Waals surface area contributed by atoms with E-state index in [0.717, 1.165) is 12.5 Å². The number of esters is 1. The lowest BCUT2D eigenvalue weighted by Gasteiger charge is -2.15. The Morgan fingerprint density at radius 2 is 2.29 bits per heavy atom. The molecule has 0 aliphatic rings. The van der Waals surface area contributed by atoms with Crippen LogP contribution in [0.15, 0.2) is 12.7 Å². The van der Waals surface area contributed by atoms with Crippen molar-refractivity contribution in [1.29, 1.82) is 0 Å². The van der Waals surface area contributed by atoms with Gasteiger partial charge in [-0.2, -0.15) is 0 Å². The zero-order valence-corrected chi connectivity index (χ0v) is 10.4. The molecule has 0 aliphatic carbocycles. The zero-order chi connectivity index (χ0) is 10.8. The van der Waals surface area contributed by atoms with Crippen LogP contribution in [0.3, 0.4) is 0 Å². The molecule has 0 saturated carbocycles. The van der Waals surface area contributed by atoms with Gasteiger partial charge in [0.25, 0.3) is 0 Å². The molecule has 14 heavy (non-hydrogen) atoms. The Morgan fingerprint density at radius 3 is 2.79 bits per heavy atom. The zero-order valence-electron chi connectivity index (χ0n) is 8.20.